The summed E-state index contributed by atoms with van der Waals surface area (Å²) in [5, 5.41) is 1.85. The molecule has 0 radical (unpaired) electrons. The lowest BCUT2D eigenvalue weighted by Crippen LogP contribution is -2.68. The molecule has 0 aliphatic rings. The lowest BCUT2D eigenvalue weighted by molar-refractivity contribution is 0.393. The molecule has 3 aromatic carbocycles. The minimum atomic E-state index is -3.72. The zero-order valence-corrected chi connectivity index (χ0v) is 20.1. The number of hydrogen-bond acceptors (Lipinski definition) is 7. The van der Waals surface area contributed by atoms with Crippen molar-refractivity contribution in [2.45, 2.75) is 0 Å². The second-order valence-corrected chi connectivity index (χ2v) is 9.95. The van der Waals surface area contributed by atoms with Gasteiger partial charge in [0.05, 0.1) is 42.7 Å². The first-order valence-corrected chi connectivity index (χ1v) is 11.8. The van der Waals surface area contributed by atoms with Gasteiger partial charge in [0.1, 0.15) is 34.5 Å². The Morgan fingerprint density at radius 2 is 0.750 bits per heavy atom. The molecule has 0 atom stereocenters. The van der Waals surface area contributed by atoms with Crippen molar-refractivity contribution in [1.29, 1.82) is 0 Å². The third kappa shape index (κ3) is 4.06. The van der Waals surface area contributed by atoms with Crippen LogP contribution >= 0.6 is 0 Å². The van der Waals surface area contributed by atoms with E-state index in [1.807, 2.05) is 18.2 Å². The van der Waals surface area contributed by atoms with Gasteiger partial charge in [-0.1, -0.05) is 18.2 Å². The van der Waals surface area contributed by atoms with E-state index >= 15 is 0 Å². The first-order valence-electron chi connectivity index (χ1n) is 9.86. The van der Waals surface area contributed by atoms with Gasteiger partial charge in [0.15, 0.2) is 0 Å². The van der Waals surface area contributed by atoms with Crippen LogP contribution < -0.4 is 44.0 Å². The zero-order chi connectivity index (χ0) is 23.3. The molecule has 0 saturated heterocycles. The van der Waals surface area contributed by atoms with E-state index in [0.29, 0.717) is 50.1 Å². The van der Waals surface area contributed by atoms with Crippen LogP contribution in [0.2, 0.25) is 0 Å². The van der Waals surface area contributed by atoms with Crippen LogP contribution in [0.15, 0.2) is 54.6 Å². The minimum Gasteiger partial charge on any atom is -0.497 e. The van der Waals surface area contributed by atoms with Crippen LogP contribution in [0, 0.1) is 0 Å². The molecule has 3 aromatic rings. The van der Waals surface area contributed by atoms with E-state index < -0.39 is 8.32 Å². The van der Waals surface area contributed by atoms with Gasteiger partial charge in [0.25, 0.3) is 8.32 Å². The van der Waals surface area contributed by atoms with Gasteiger partial charge in [0.2, 0.25) is 0 Å². The molecular formula is C24H28O7Si. The van der Waals surface area contributed by atoms with Crippen molar-refractivity contribution < 1.29 is 33.2 Å². The van der Waals surface area contributed by atoms with Crippen molar-refractivity contribution >= 4 is 23.9 Å². The number of rotatable bonds is 9. The minimum absolute atomic E-state index is 0.495. The zero-order valence-electron chi connectivity index (χ0n) is 19.1. The van der Waals surface area contributed by atoms with E-state index in [4.69, 9.17) is 28.4 Å². The summed E-state index contributed by atoms with van der Waals surface area (Å²) in [6, 6.07) is 16.1. The van der Waals surface area contributed by atoms with Gasteiger partial charge in [-0.3, -0.25) is 0 Å². The average Bonchev–Trinajstić information content (AvgIpc) is 2.86. The number of methoxy groups -OCH3 is 6. The maximum absolute atomic E-state index is 12.6. The molecule has 32 heavy (non-hydrogen) atoms. The van der Waals surface area contributed by atoms with Crippen LogP contribution in [0.4, 0.5) is 0 Å². The topological polar surface area (TPSA) is 75.6 Å². The fourth-order valence-electron chi connectivity index (χ4n) is 3.73. The van der Waals surface area contributed by atoms with Crippen LogP contribution in [0.5, 0.6) is 34.5 Å². The van der Waals surface area contributed by atoms with Gasteiger partial charge >= 0.3 is 0 Å². The van der Waals surface area contributed by atoms with Gasteiger partial charge in [0, 0.05) is 33.8 Å². The summed E-state index contributed by atoms with van der Waals surface area (Å²) < 4.78 is 33.1. The van der Waals surface area contributed by atoms with E-state index in [9.17, 15) is 4.80 Å². The number of hydrogen-bond donors (Lipinski definition) is 1. The third-order valence-electron chi connectivity index (χ3n) is 5.40. The molecule has 0 fully saturated rings. The Morgan fingerprint density at radius 3 is 0.969 bits per heavy atom. The summed E-state index contributed by atoms with van der Waals surface area (Å²) in [4.78, 5) is 12.6. The Morgan fingerprint density at radius 1 is 0.469 bits per heavy atom. The van der Waals surface area contributed by atoms with Gasteiger partial charge in [-0.2, -0.15) is 0 Å². The van der Waals surface area contributed by atoms with Crippen molar-refractivity contribution in [3.05, 3.63) is 54.6 Å². The molecule has 0 aromatic heterocycles. The Balaban J connectivity index is 2.41. The van der Waals surface area contributed by atoms with Gasteiger partial charge < -0.3 is 33.2 Å². The number of benzene rings is 3. The number of ether oxygens (including phenoxy) is 6. The van der Waals surface area contributed by atoms with Crippen LogP contribution in [0.25, 0.3) is 0 Å². The standard InChI is InChI=1S/C24H28O7Si/c1-26-16-7-10-22(19(13-16)29-4)32(25,23-11-8-17(27-2)14-20(23)30-5)24-12-9-18(28-3)15-21(24)31-6/h7-15,25H,1-6H3. The fraction of sp³-hybridized carbons (Fsp3) is 0.250. The molecule has 170 valence electrons. The molecule has 0 heterocycles. The van der Waals surface area contributed by atoms with Crippen LogP contribution in [0.1, 0.15) is 0 Å². The van der Waals surface area contributed by atoms with Gasteiger partial charge in [-0.05, 0) is 18.2 Å². The van der Waals surface area contributed by atoms with E-state index in [1.54, 1.807) is 79.1 Å². The van der Waals surface area contributed by atoms with E-state index in [-0.39, 0.29) is 0 Å². The summed E-state index contributed by atoms with van der Waals surface area (Å²) in [7, 11) is 5.70. The highest BCUT2D eigenvalue weighted by molar-refractivity contribution is 7.07. The lowest BCUT2D eigenvalue weighted by atomic mass is 10.3. The maximum atomic E-state index is 12.6. The summed E-state index contributed by atoms with van der Waals surface area (Å²) in [5.41, 5.74) is 0. The molecule has 1 N–H and O–H groups in total. The third-order valence-corrected chi connectivity index (χ3v) is 8.97. The molecule has 0 spiro atoms. The van der Waals surface area contributed by atoms with Crippen LogP contribution in [-0.4, -0.2) is 55.8 Å². The lowest BCUT2D eigenvalue weighted by Gasteiger charge is -2.31. The van der Waals surface area contributed by atoms with Crippen molar-refractivity contribution in [2.75, 3.05) is 42.7 Å². The first kappa shape index (κ1) is 23.3. The van der Waals surface area contributed by atoms with Crippen molar-refractivity contribution in [1.82, 2.24) is 0 Å². The van der Waals surface area contributed by atoms with Crippen molar-refractivity contribution in [2.24, 2.45) is 0 Å². The average molecular weight is 457 g/mol. The molecule has 0 aliphatic heterocycles. The first-order chi connectivity index (χ1) is 15.5. The summed E-state index contributed by atoms with van der Waals surface area (Å²) >= 11 is 0. The Hall–Kier alpha value is -3.36. The van der Waals surface area contributed by atoms with Crippen LogP contribution in [-0.2, 0) is 0 Å². The highest BCUT2D eigenvalue weighted by Gasteiger charge is 2.45. The van der Waals surface area contributed by atoms with Gasteiger partial charge in [-0.25, -0.2) is 0 Å². The second kappa shape index (κ2) is 9.84. The second-order valence-electron chi connectivity index (χ2n) is 6.91. The van der Waals surface area contributed by atoms with E-state index in [0.717, 1.165) is 0 Å². The quantitative estimate of drug-likeness (QED) is 0.388. The molecule has 0 saturated carbocycles. The predicted molar refractivity (Wildman–Crippen MR) is 126 cm³/mol. The SMILES string of the molecule is COc1ccc([Si](O)(c2ccc(OC)cc2OC)c2ccc(OC)cc2OC)c(OC)c1. The highest BCUT2D eigenvalue weighted by atomic mass is 28.4. The molecule has 0 bridgehead atoms. The Kier molecular flexibility index (Phi) is 7.17. The summed E-state index contributed by atoms with van der Waals surface area (Å²) in [6.07, 6.45) is 0. The van der Waals surface area contributed by atoms with Gasteiger partial charge in [-0.15, -0.1) is 0 Å². The monoisotopic (exact) mass is 456 g/mol. The highest BCUT2D eigenvalue weighted by Crippen LogP contribution is 2.27. The molecule has 7 nitrogen and oxygen atoms in total. The molecule has 0 amide bonds. The fourth-order valence-corrected chi connectivity index (χ4v) is 7.16. The molecular weight excluding hydrogens is 428 g/mol. The Labute approximate surface area is 189 Å². The van der Waals surface area contributed by atoms with Crippen molar-refractivity contribution in [3.8, 4) is 34.5 Å². The van der Waals surface area contributed by atoms with E-state index in [1.165, 1.54) is 0 Å². The van der Waals surface area contributed by atoms with E-state index in [2.05, 4.69) is 0 Å². The molecule has 0 aliphatic carbocycles. The maximum Gasteiger partial charge on any atom is 0.296 e. The Bertz CT molecular complexity index is 949. The largest absolute Gasteiger partial charge is 0.497 e. The summed E-state index contributed by atoms with van der Waals surface area (Å²) in [5.74, 6) is 3.33. The molecule has 0 unspecified atom stereocenters. The predicted octanol–water partition coefficient (Wildman–Crippen LogP) is 1.70. The molecule has 8 heteroatoms. The smallest absolute Gasteiger partial charge is 0.296 e. The molecule has 3 rings (SSSR count). The van der Waals surface area contributed by atoms with Crippen LogP contribution in [0.3, 0.4) is 0 Å². The normalized spacial score (nSPS) is 11.0. The van der Waals surface area contributed by atoms with Crippen molar-refractivity contribution in [3.63, 3.8) is 0 Å². The summed E-state index contributed by atoms with van der Waals surface area (Å²) in [6.45, 7) is 0.